The Morgan fingerprint density at radius 1 is 0.493 bits per heavy atom. The van der Waals surface area contributed by atoms with Crippen LogP contribution in [0.2, 0.25) is 0 Å². The largest absolute Gasteiger partial charge is 0.394 e. The zero-order valence-corrected chi connectivity index (χ0v) is 43.0. The van der Waals surface area contributed by atoms with Gasteiger partial charge in [-0.15, -0.1) is 0 Å². The molecule has 3 rings (SSSR count). The van der Waals surface area contributed by atoms with Gasteiger partial charge in [-0.2, -0.15) is 0 Å². The van der Waals surface area contributed by atoms with E-state index in [0.29, 0.717) is 6.42 Å². The first-order chi connectivity index (χ1) is 34.3. The van der Waals surface area contributed by atoms with Crippen LogP contribution in [0.3, 0.4) is 0 Å². The Balaban J connectivity index is 1.54. The molecule has 3 aliphatic rings. The van der Waals surface area contributed by atoms with Crippen LogP contribution < -0.4 is 5.32 Å². The molecule has 0 aromatic rings. The van der Waals surface area contributed by atoms with Crippen LogP contribution in [-0.2, 0) is 33.2 Å². The molecule has 3 saturated heterocycles. The minimum absolute atomic E-state index is 0.247. The lowest BCUT2D eigenvalue weighted by atomic mass is 9.96. The first-order valence-electron chi connectivity index (χ1n) is 27.4. The van der Waals surface area contributed by atoms with Crippen molar-refractivity contribution in [3.63, 3.8) is 0 Å². The normalized spacial score (nSPS) is 32.3. The molecule has 0 aromatic heterocycles. The maximum absolute atomic E-state index is 13.2. The lowest BCUT2D eigenvalue weighted by molar-refractivity contribution is -0.379. The Morgan fingerprint density at radius 3 is 1.32 bits per heavy atom. The molecule has 17 unspecified atom stereocenters. The third-order valence-electron chi connectivity index (χ3n) is 14.1. The number of hydrogen-bond donors (Lipinski definition) is 12. The second-order valence-corrected chi connectivity index (χ2v) is 20.1. The van der Waals surface area contributed by atoms with E-state index >= 15 is 0 Å². The molecule has 0 aliphatic carbocycles. The fraction of sp³-hybridized carbons (Fsp3) is 0.942. The van der Waals surface area contributed by atoms with Crippen molar-refractivity contribution in [2.45, 2.75) is 285 Å². The summed E-state index contributed by atoms with van der Waals surface area (Å²) in [7, 11) is 0. The summed E-state index contributed by atoms with van der Waals surface area (Å²) in [6.45, 7) is 1.68. The number of nitrogens with one attached hydrogen (secondary N) is 1. The molecule has 0 bridgehead atoms. The van der Waals surface area contributed by atoms with E-state index in [9.17, 15) is 61.0 Å². The number of allylic oxidation sites excluding steroid dienone is 1. The van der Waals surface area contributed by atoms with Crippen LogP contribution in [0.4, 0.5) is 0 Å². The second kappa shape index (κ2) is 37.3. The van der Waals surface area contributed by atoms with Crippen molar-refractivity contribution in [2.75, 3.05) is 26.4 Å². The van der Waals surface area contributed by atoms with Gasteiger partial charge in [-0.05, 0) is 19.3 Å². The van der Waals surface area contributed by atoms with Gasteiger partial charge in [-0.3, -0.25) is 4.79 Å². The number of amides is 1. The number of ether oxygens (including phenoxy) is 6. The molecule has 17 atom stereocenters. The van der Waals surface area contributed by atoms with E-state index in [1.807, 2.05) is 6.08 Å². The average molecular weight is 1020 g/mol. The van der Waals surface area contributed by atoms with E-state index in [4.69, 9.17) is 28.4 Å². The molecule has 0 saturated carbocycles. The van der Waals surface area contributed by atoms with Crippen molar-refractivity contribution in [2.24, 2.45) is 0 Å². The Morgan fingerprint density at radius 2 is 0.873 bits per heavy atom. The number of aliphatic hydroxyl groups is 11. The lowest BCUT2D eigenvalue weighted by Crippen LogP contribution is -2.66. The molecular weight excluding hydrogens is 927 g/mol. The average Bonchev–Trinajstić information content (AvgIpc) is 3.36. The summed E-state index contributed by atoms with van der Waals surface area (Å²) in [6.07, 6.45) is 6.40. The standard InChI is InChI=1S/C52H97NO18/c1-3-5-7-9-11-13-15-16-17-18-19-20-21-23-25-27-29-36(57)35(53-40(58)30-28-26-24-22-14-12-10-8-6-4-2)34-66-50-46(64)43(61)48(38(32-55)68-50)71-52-47(65)44(62)49(39(33-56)69-52)70-51-45(63)42(60)41(59)37(31-54)67-51/h27,29,35-39,41-52,54-57,59-65H,3-26,28,30-34H2,1-2H3,(H,53,58)/b29-27+. The van der Waals surface area contributed by atoms with Gasteiger partial charge in [0.15, 0.2) is 18.9 Å². The quantitative estimate of drug-likeness (QED) is 0.0311. The Hall–Kier alpha value is -1.47. The molecule has 1 amide bonds. The van der Waals surface area contributed by atoms with Gasteiger partial charge < -0.3 is 89.9 Å². The molecule has 19 heteroatoms. The molecule has 19 nitrogen and oxygen atoms in total. The number of hydrogen-bond acceptors (Lipinski definition) is 18. The predicted molar refractivity (Wildman–Crippen MR) is 263 cm³/mol. The zero-order valence-electron chi connectivity index (χ0n) is 43.0. The molecule has 3 aliphatic heterocycles. The van der Waals surface area contributed by atoms with Gasteiger partial charge in [0, 0.05) is 6.42 Å². The van der Waals surface area contributed by atoms with E-state index in [2.05, 4.69) is 19.2 Å². The van der Waals surface area contributed by atoms with Crippen LogP contribution in [0.25, 0.3) is 0 Å². The number of rotatable bonds is 39. The SMILES string of the molecule is CCCCCCCCCCCCCCCC/C=C/C(O)C(COC1OC(CO)C(OC2OC(CO)C(OC3OC(CO)C(O)C(O)C3O)C(O)C2O)C(O)C1O)NC(=O)CCCCCCCCCCCC. The van der Waals surface area contributed by atoms with Gasteiger partial charge in [0.1, 0.15) is 73.2 Å². The highest BCUT2D eigenvalue weighted by molar-refractivity contribution is 5.76. The summed E-state index contributed by atoms with van der Waals surface area (Å²) in [5, 5.41) is 120. The van der Waals surface area contributed by atoms with Crippen molar-refractivity contribution in [1.82, 2.24) is 5.32 Å². The fourth-order valence-electron chi connectivity index (χ4n) is 9.48. The molecule has 0 aromatic carbocycles. The Bertz CT molecular complexity index is 1360. The summed E-state index contributed by atoms with van der Waals surface area (Å²) in [5.41, 5.74) is 0. The topological polar surface area (TPSA) is 307 Å². The van der Waals surface area contributed by atoms with Crippen LogP contribution in [-0.4, -0.2) is 193 Å². The van der Waals surface area contributed by atoms with E-state index in [1.165, 1.54) is 109 Å². The summed E-state index contributed by atoms with van der Waals surface area (Å²) in [6, 6.07) is -0.964. The van der Waals surface area contributed by atoms with E-state index in [1.54, 1.807) is 6.08 Å². The van der Waals surface area contributed by atoms with Gasteiger partial charge in [-0.25, -0.2) is 0 Å². The minimum atomic E-state index is -1.97. The number of aliphatic hydroxyl groups excluding tert-OH is 11. The maximum Gasteiger partial charge on any atom is 0.220 e. The minimum Gasteiger partial charge on any atom is -0.394 e. The first-order valence-corrected chi connectivity index (χ1v) is 27.4. The van der Waals surface area contributed by atoms with E-state index in [-0.39, 0.29) is 18.9 Å². The third kappa shape index (κ3) is 22.7. The molecule has 3 fully saturated rings. The monoisotopic (exact) mass is 1020 g/mol. The highest BCUT2D eigenvalue weighted by Gasteiger charge is 2.53. The van der Waals surface area contributed by atoms with E-state index < -0.39 is 124 Å². The van der Waals surface area contributed by atoms with Gasteiger partial charge in [0.25, 0.3) is 0 Å². The van der Waals surface area contributed by atoms with Crippen molar-refractivity contribution >= 4 is 5.91 Å². The van der Waals surface area contributed by atoms with Gasteiger partial charge in [0.05, 0.1) is 38.6 Å². The fourth-order valence-corrected chi connectivity index (χ4v) is 9.48. The molecule has 0 spiro atoms. The van der Waals surface area contributed by atoms with Gasteiger partial charge in [-0.1, -0.05) is 167 Å². The summed E-state index contributed by atoms with van der Waals surface area (Å²) >= 11 is 0. The smallest absolute Gasteiger partial charge is 0.220 e. The number of unbranched alkanes of at least 4 members (excludes halogenated alkanes) is 23. The van der Waals surface area contributed by atoms with Crippen LogP contribution in [0.1, 0.15) is 181 Å². The molecule has 3 heterocycles. The zero-order chi connectivity index (χ0) is 52.0. The van der Waals surface area contributed by atoms with Crippen molar-refractivity contribution < 1.29 is 89.4 Å². The Labute approximate surface area is 423 Å². The van der Waals surface area contributed by atoms with Crippen LogP contribution in [0, 0.1) is 0 Å². The van der Waals surface area contributed by atoms with Crippen LogP contribution in [0.15, 0.2) is 12.2 Å². The summed E-state index contributed by atoms with van der Waals surface area (Å²) in [5.74, 6) is -0.278. The van der Waals surface area contributed by atoms with Crippen molar-refractivity contribution in [3.05, 3.63) is 12.2 Å². The lowest BCUT2D eigenvalue weighted by Gasteiger charge is -2.48. The number of carbonyl (C=O) groups excluding carboxylic acids is 1. The first kappa shape index (κ1) is 63.8. The summed E-state index contributed by atoms with van der Waals surface area (Å²) in [4.78, 5) is 13.2. The maximum atomic E-state index is 13.2. The second-order valence-electron chi connectivity index (χ2n) is 20.1. The van der Waals surface area contributed by atoms with Crippen molar-refractivity contribution in [1.29, 1.82) is 0 Å². The third-order valence-corrected chi connectivity index (χ3v) is 14.1. The molecule has 0 radical (unpaired) electrons. The van der Waals surface area contributed by atoms with E-state index in [0.717, 1.165) is 44.9 Å². The van der Waals surface area contributed by atoms with Gasteiger partial charge in [0.2, 0.25) is 5.91 Å². The molecule has 71 heavy (non-hydrogen) atoms. The van der Waals surface area contributed by atoms with Crippen molar-refractivity contribution in [3.8, 4) is 0 Å². The van der Waals surface area contributed by atoms with Crippen LogP contribution in [0.5, 0.6) is 0 Å². The van der Waals surface area contributed by atoms with Gasteiger partial charge >= 0.3 is 0 Å². The molecular formula is C52H97NO18. The predicted octanol–water partition coefficient (Wildman–Crippen LogP) is 3.04. The Kier molecular flexibility index (Phi) is 33.5. The summed E-state index contributed by atoms with van der Waals surface area (Å²) < 4.78 is 34.1. The highest BCUT2D eigenvalue weighted by Crippen LogP contribution is 2.33. The van der Waals surface area contributed by atoms with Crippen LogP contribution >= 0.6 is 0 Å². The molecule has 12 N–H and O–H groups in total. The molecule has 418 valence electrons. The highest BCUT2D eigenvalue weighted by atomic mass is 16.8. The number of carbonyl (C=O) groups is 1.